The summed E-state index contributed by atoms with van der Waals surface area (Å²) in [5, 5.41) is 0. The first-order valence-corrected chi connectivity index (χ1v) is 9.63. The quantitative estimate of drug-likeness (QED) is 0.758. The summed E-state index contributed by atoms with van der Waals surface area (Å²) in [4.78, 5) is 20.1. The van der Waals surface area contributed by atoms with Gasteiger partial charge in [0.1, 0.15) is 11.5 Å². The lowest BCUT2D eigenvalue weighted by molar-refractivity contribution is -0.113. The van der Waals surface area contributed by atoms with Crippen LogP contribution in [-0.4, -0.2) is 23.8 Å². The van der Waals surface area contributed by atoms with Gasteiger partial charge >= 0.3 is 0 Å². The maximum Gasteiger partial charge on any atom is 0.278 e. The number of carbonyl (C=O) groups excluding carboxylic acids is 1. The molecule has 27 heavy (non-hydrogen) atoms. The van der Waals surface area contributed by atoms with E-state index in [1.54, 1.807) is 0 Å². The van der Waals surface area contributed by atoms with E-state index in [0.717, 1.165) is 34.7 Å². The van der Waals surface area contributed by atoms with Crippen molar-refractivity contribution in [3.05, 3.63) is 53.1 Å². The minimum atomic E-state index is -0.241. The smallest absolute Gasteiger partial charge is 0.278 e. The Morgan fingerprint density at radius 3 is 2.74 bits per heavy atom. The molecule has 2 aliphatic rings. The molecule has 0 radical (unpaired) electrons. The fourth-order valence-corrected chi connectivity index (χ4v) is 4.47. The van der Waals surface area contributed by atoms with Crippen molar-refractivity contribution in [2.45, 2.75) is 52.5 Å². The van der Waals surface area contributed by atoms with Gasteiger partial charge in [-0.05, 0) is 75.4 Å². The third kappa shape index (κ3) is 2.84. The molecular formula is C23H26N2O2. The van der Waals surface area contributed by atoms with Crippen molar-refractivity contribution >= 4 is 23.0 Å². The van der Waals surface area contributed by atoms with Crippen LogP contribution in [0.15, 0.2) is 41.4 Å². The van der Waals surface area contributed by atoms with Crippen molar-refractivity contribution in [2.24, 2.45) is 4.99 Å². The average Bonchev–Trinajstić information content (AvgIpc) is 2.86. The number of carbonyl (C=O) groups is 1. The molecule has 0 aromatic heterocycles. The summed E-state index contributed by atoms with van der Waals surface area (Å²) < 4.78 is 5.80. The summed E-state index contributed by atoms with van der Waals surface area (Å²) in [5.74, 6) is 1.15. The highest BCUT2D eigenvalue weighted by molar-refractivity contribution is 6.55. The number of ether oxygens (including phenoxy) is 1. The highest BCUT2D eigenvalue weighted by Gasteiger charge is 2.48. The SMILES string of the molecule is CCOc1cc2c3c(c1)C(C)CC(C)(C)N3C(=O)C2=Nc1cccc(C)c1. The second-order valence-corrected chi connectivity index (χ2v) is 8.20. The van der Waals surface area contributed by atoms with E-state index in [2.05, 4.69) is 26.8 Å². The Kier molecular flexibility index (Phi) is 4.10. The molecule has 1 atom stereocenters. The van der Waals surface area contributed by atoms with Gasteiger partial charge < -0.3 is 9.64 Å². The molecule has 4 rings (SSSR count). The zero-order valence-corrected chi connectivity index (χ0v) is 16.7. The standard InChI is InChI=1S/C23H26N2O2/c1-6-27-17-11-18-15(3)13-23(4,5)25-21(18)19(12-17)20(22(25)26)24-16-9-7-8-14(2)10-16/h7-12,15H,6,13H2,1-5H3. The number of aryl methyl sites for hydroxylation is 1. The summed E-state index contributed by atoms with van der Waals surface area (Å²) in [7, 11) is 0. The molecule has 4 nitrogen and oxygen atoms in total. The van der Waals surface area contributed by atoms with Gasteiger partial charge in [0.25, 0.3) is 5.91 Å². The number of hydrogen-bond acceptors (Lipinski definition) is 3. The van der Waals surface area contributed by atoms with Crippen molar-refractivity contribution < 1.29 is 9.53 Å². The second-order valence-electron chi connectivity index (χ2n) is 8.20. The minimum absolute atomic E-state index is 0.0155. The lowest BCUT2D eigenvalue weighted by Gasteiger charge is -2.43. The molecule has 140 valence electrons. The van der Waals surface area contributed by atoms with Crippen LogP contribution in [0.3, 0.4) is 0 Å². The Bertz CT molecular complexity index is 959. The number of rotatable bonds is 3. The van der Waals surface area contributed by atoms with Crippen molar-refractivity contribution in [3.63, 3.8) is 0 Å². The lowest BCUT2D eigenvalue weighted by Crippen LogP contribution is -2.50. The van der Waals surface area contributed by atoms with E-state index < -0.39 is 0 Å². The minimum Gasteiger partial charge on any atom is -0.494 e. The molecule has 2 aliphatic heterocycles. The molecule has 0 saturated carbocycles. The first-order valence-electron chi connectivity index (χ1n) is 9.63. The van der Waals surface area contributed by atoms with Gasteiger partial charge in [0.2, 0.25) is 0 Å². The monoisotopic (exact) mass is 362 g/mol. The van der Waals surface area contributed by atoms with Crippen LogP contribution in [0.5, 0.6) is 5.75 Å². The van der Waals surface area contributed by atoms with Gasteiger partial charge in [-0.25, -0.2) is 4.99 Å². The molecule has 0 fully saturated rings. The zero-order valence-electron chi connectivity index (χ0n) is 16.7. The average molecular weight is 362 g/mol. The fourth-order valence-electron chi connectivity index (χ4n) is 4.47. The number of amides is 1. The predicted molar refractivity (Wildman–Crippen MR) is 110 cm³/mol. The molecule has 2 aromatic carbocycles. The molecule has 2 aromatic rings. The third-order valence-electron chi connectivity index (χ3n) is 5.49. The normalized spacial score (nSPS) is 21.5. The van der Waals surface area contributed by atoms with Crippen molar-refractivity contribution in [2.75, 3.05) is 11.5 Å². The van der Waals surface area contributed by atoms with E-state index in [4.69, 9.17) is 9.73 Å². The lowest BCUT2D eigenvalue weighted by atomic mass is 9.80. The largest absolute Gasteiger partial charge is 0.494 e. The number of benzene rings is 2. The maximum absolute atomic E-state index is 13.4. The molecule has 0 N–H and O–H groups in total. The first-order chi connectivity index (χ1) is 12.8. The van der Waals surface area contributed by atoms with E-state index in [-0.39, 0.29) is 11.4 Å². The van der Waals surface area contributed by atoms with Gasteiger partial charge in [-0.15, -0.1) is 0 Å². The molecule has 2 heterocycles. The van der Waals surface area contributed by atoms with Crippen LogP contribution >= 0.6 is 0 Å². The molecule has 0 bridgehead atoms. The van der Waals surface area contributed by atoms with Crippen molar-refractivity contribution in [1.29, 1.82) is 0 Å². The van der Waals surface area contributed by atoms with Crippen LogP contribution in [0.2, 0.25) is 0 Å². The Morgan fingerprint density at radius 2 is 2.04 bits per heavy atom. The highest BCUT2D eigenvalue weighted by atomic mass is 16.5. The fraction of sp³-hybridized carbons (Fsp3) is 0.391. The zero-order chi connectivity index (χ0) is 19.3. The summed E-state index contributed by atoms with van der Waals surface area (Å²) in [6.07, 6.45) is 0.915. The maximum atomic E-state index is 13.4. The van der Waals surface area contributed by atoms with Crippen LogP contribution in [0.1, 0.15) is 56.7 Å². The van der Waals surface area contributed by atoms with Gasteiger partial charge in [0.05, 0.1) is 18.0 Å². The molecule has 1 unspecified atom stereocenters. The summed E-state index contributed by atoms with van der Waals surface area (Å²) in [6.45, 7) is 11.1. The first kappa shape index (κ1) is 17.8. The number of aliphatic imine (C=N–C) groups is 1. The molecule has 0 aliphatic carbocycles. The van der Waals surface area contributed by atoms with E-state index in [0.29, 0.717) is 18.2 Å². The van der Waals surface area contributed by atoms with Crippen LogP contribution in [-0.2, 0) is 4.79 Å². The van der Waals surface area contributed by atoms with Crippen molar-refractivity contribution in [1.82, 2.24) is 0 Å². The molecule has 1 amide bonds. The van der Waals surface area contributed by atoms with Crippen LogP contribution in [0.25, 0.3) is 0 Å². The van der Waals surface area contributed by atoms with E-state index in [1.807, 2.05) is 49.1 Å². The summed E-state index contributed by atoms with van der Waals surface area (Å²) in [5.41, 5.74) is 5.29. The van der Waals surface area contributed by atoms with Crippen molar-refractivity contribution in [3.8, 4) is 5.75 Å². The molecule has 0 saturated heterocycles. The van der Waals surface area contributed by atoms with Gasteiger partial charge in [-0.1, -0.05) is 19.1 Å². The highest BCUT2D eigenvalue weighted by Crippen LogP contribution is 2.50. The number of nitrogens with zero attached hydrogens (tertiary/aromatic N) is 2. The topological polar surface area (TPSA) is 41.9 Å². The van der Waals surface area contributed by atoms with Crippen LogP contribution in [0, 0.1) is 6.92 Å². The Labute approximate surface area is 160 Å². The molecular weight excluding hydrogens is 336 g/mol. The molecule has 4 heteroatoms. The van der Waals surface area contributed by atoms with Gasteiger partial charge in [-0.3, -0.25) is 4.79 Å². The van der Waals surface area contributed by atoms with Crippen LogP contribution < -0.4 is 9.64 Å². The van der Waals surface area contributed by atoms with Crippen LogP contribution in [0.4, 0.5) is 11.4 Å². The number of hydrogen-bond donors (Lipinski definition) is 0. The number of anilines is 1. The summed E-state index contributed by atoms with van der Waals surface area (Å²) >= 11 is 0. The Morgan fingerprint density at radius 1 is 1.26 bits per heavy atom. The second kappa shape index (κ2) is 6.22. The summed E-state index contributed by atoms with van der Waals surface area (Å²) in [6, 6.07) is 12.0. The van der Waals surface area contributed by atoms with Gasteiger partial charge in [0, 0.05) is 11.1 Å². The van der Waals surface area contributed by atoms with E-state index in [1.165, 1.54) is 5.56 Å². The van der Waals surface area contributed by atoms with E-state index >= 15 is 0 Å². The third-order valence-corrected chi connectivity index (χ3v) is 5.49. The van der Waals surface area contributed by atoms with Gasteiger partial charge in [-0.2, -0.15) is 0 Å². The Balaban J connectivity index is 1.96. The predicted octanol–water partition coefficient (Wildman–Crippen LogP) is 5.15. The van der Waals surface area contributed by atoms with E-state index in [9.17, 15) is 4.79 Å². The Hall–Kier alpha value is -2.62. The molecule has 0 spiro atoms. The van der Waals surface area contributed by atoms with Gasteiger partial charge in [0.15, 0.2) is 0 Å².